The quantitative estimate of drug-likeness (QED) is 0.650. The van der Waals surface area contributed by atoms with Crippen LogP contribution in [0.2, 0.25) is 0 Å². The molecule has 0 amide bonds. The monoisotopic (exact) mass is 260 g/mol. The zero-order valence-electron chi connectivity index (χ0n) is 9.51. The predicted molar refractivity (Wildman–Crippen MR) is 67.7 cm³/mol. The van der Waals surface area contributed by atoms with Crippen LogP contribution in [0.25, 0.3) is 0 Å². The van der Waals surface area contributed by atoms with Gasteiger partial charge in [-0.1, -0.05) is 6.07 Å². The maximum absolute atomic E-state index is 10.9. The maximum atomic E-state index is 10.9. The van der Waals surface area contributed by atoms with Crippen LogP contribution in [0, 0.1) is 6.92 Å². The van der Waals surface area contributed by atoms with Gasteiger partial charge in [0, 0.05) is 11.6 Å². The first-order valence-electron chi connectivity index (χ1n) is 4.99. The number of carboxylic acids is 1. The van der Waals surface area contributed by atoms with E-state index in [0.29, 0.717) is 18.5 Å². The summed E-state index contributed by atoms with van der Waals surface area (Å²) in [6.45, 7) is 2.14. The third-order valence-electron chi connectivity index (χ3n) is 2.39. The van der Waals surface area contributed by atoms with Crippen molar-refractivity contribution in [2.45, 2.75) is 19.4 Å². The van der Waals surface area contributed by atoms with Gasteiger partial charge >= 0.3 is 5.97 Å². The highest BCUT2D eigenvalue weighted by molar-refractivity contribution is 5.91. The average molecular weight is 261 g/mol. The van der Waals surface area contributed by atoms with Gasteiger partial charge < -0.3 is 21.7 Å². The van der Waals surface area contributed by atoms with E-state index >= 15 is 0 Å². The summed E-state index contributed by atoms with van der Waals surface area (Å²) < 4.78 is 0. The first-order chi connectivity index (χ1) is 7.47. The van der Waals surface area contributed by atoms with Crippen molar-refractivity contribution in [2.75, 3.05) is 6.54 Å². The second-order valence-electron chi connectivity index (χ2n) is 3.74. The van der Waals surface area contributed by atoms with Gasteiger partial charge in [0.2, 0.25) is 0 Å². The smallest absolute Gasteiger partial charge is 0.339 e. The molecular weight excluding hydrogens is 244 g/mol. The minimum absolute atomic E-state index is 0. The number of phenols is 1. The van der Waals surface area contributed by atoms with Crippen LogP contribution in [-0.2, 0) is 0 Å². The summed E-state index contributed by atoms with van der Waals surface area (Å²) in [5.74, 6) is -1.43. The maximum Gasteiger partial charge on any atom is 0.339 e. The van der Waals surface area contributed by atoms with Crippen molar-refractivity contribution in [2.24, 2.45) is 11.5 Å². The molecule has 1 aromatic carbocycles. The van der Waals surface area contributed by atoms with Crippen molar-refractivity contribution < 1.29 is 15.0 Å². The number of benzene rings is 1. The van der Waals surface area contributed by atoms with Gasteiger partial charge in [-0.2, -0.15) is 0 Å². The molecule has 0 aromatic heterocycles. The van der Waals surface area contributed by atoms with Gasteiger partial charge in [-0.25, -0.2) is 4.79 Å². The second-order valence-corrected chi connectivity index (χ2v) is 3.74. The molecule has 6 heteroatoms. The number of carbonyl (C=O) groups is 1. The van der Waals surface area contributed by atoms with Crippen LogP contribution in [0.5, 0.6) is 5.75 Å². The number of hydrogen-bond donors (Lipinski definition) is 4. The standard InChI is InChI=1S/C11H16N2O3.ClH/c1-6-4-7(9(13)2-3-12)10(14)8(5-6)11(15)16;/h4-5,9,14H,2-3,12-13H2,1H3,(H,15,16);1H/t9-;/m0./s1. The molecule has 5 nitrogen and oxygen atoms in total. The molecule has 96 valence electrons. The molecule has 0 bridgehead atoms. The minimum Gasteiger partial charge on any atom is -0.507 e. The summed E-state index contributed by atoms with van der Waals surface area (Å²) in [7, 11) is 0. The predicted octanol–water partition coefficient (Wildman–Crippen LogP) is 1.17. The third kappa shape index (κ3) is 3.59. The van der Waals surface area contributed by atoms with E-state index < -0.39 is 12.0 Å². The van der Waals surface area contributed by atoms with Gasteiger partial charge in [0.15, 0.2) is 0 Å². The molecule has 1 aromatic rings. The van der Waals surface area contributed by atoms with E-state index in [1.54, 1.807) is 13.0 Å². The molecule has 0 spiro atoms. The molecule has 0 unspecified atom stereocenters. The molecular formula is C11H17ClN2O3. The van der Waals surface area contributed by atoms with E-state index in [2.05, 4.69) is 0 Å². The van der Waals surface area contributed by atoms with E-state index in [4.69, 9.17) is 16.6 Å². The Hall–Kier alpha value is -1.30. The molecule has 1 atom stereocenters. The van der Waals surface area contributed by atoms with Crippen molar-refractivity contribution in [3.63, 3.8) is 0 Å². The van der Waals surface area contributed by atoms with Gasteiger partial charge in [0.1, 0.15) is 11.3 Å². The molecule has 0 aliphatic heterocycles. The SMILES string of the molecule is Cc1cc(C(=O)O)c(O)c([C@@H](N)CCN)c1.Cl. The summed E-state index contributed by atoms with van der Waals surface area (Å²) in [5, 5.41) is 18.7. The van der Waals surface area contributed by atoms with E-state index in [0.717, 1.165) is 5.56 Å². The first kappa shape index (κ1) is 15.7. The summed E-state index contributed by atoms with van der Waals surface area (Å²) >= 11 is 0. The number of nitrogens with two attached hydrogens (primary N) is 2. The van der Waals surface area contributed by atoms with Crippen molar-refractivity contribution in [3.8, 4) is 5.75 Å². The van der Waals surface area contributed by atoms with Crippen LogP contribution in [0.4, 0.5) is 0 Å². The number of aryl methyl sites for hydroxylation is 1. The molecule has 17 heavy (non-hydrogen) atoms. The lowest BCUT2D eigenvalue weighted by Crippen LogP contribution is -2.16. The number of rotatable bonds is 4. The van der Waals surface area contributed by atoms with E-state index in [1.165, 1.54) is 6.07 Å². The lowest BCUT2D eigenvalue weighted by molar-refractivity contribution is 0.0693. The summed E-state index contributed by atoms with van der Waals surface area (Å²) in [5.41, 5.74) is 12.2. The normalized spacial score (nSPS) is 11.7. The lowest BCUT2D eigenvalue weighted by atomic mass is 9.97. The van der Waals surface area contributed by atoms with Gasteiger partial charge in [0.05, 0.1) is 0 Å². The van der Waals surface area contributed by atoms with E-state index in [-0.39, 0.29) is 23.7 Å². The summed E-state index contributed by atoms with van der Waals surface area (Å²) in [6, 6.07) is 2.65. The van der Waals surface area contributed by atoms with Crippen LogP contribution in [-0.4, -0.2) is 22.7 Å². The highest BCUT2D eigenvalue weighted by atomic mass is 35.5. The zero-order chi connectivity index (χ0) is 12.3. The molecule has 0 saturated carbocycles. The molecule has 0 radical (unpaired) electrons. The molecule has 0 saturated heterocycles. The first-order valence-corrected chi connectivity index (χ1v) is 4.99. The van der Waals surface area contributed by atoms with Gasteiger partial charge in [-0.05, 0) is 31.5 Å². The number of aromatic carboxylic acids is 1. The van der Waals surface area contributed by atoms with Crippen molar-refractivity contribution >= 4 is 18.4 Å². The molecule has 1 rings (SSSR count). The average Bonchev–Trinajstić information content (AvgIpc) is 2.20. The topological polar surface area (TPSA) is 110 Å². The molecule has 6 N–H and O–H groups in total. The Morgan fingerprint density at radius 2 is 2.06 bits per heavy atom. The molecule has 0 fully saturated rings. The Labute approximate surface area is 106 Å². The second kappa shape index (κ2) is 6.44. The van der Waals surface area contributed by atoms with Crippen LogP contribution < -0.4 is 11.5 Å². The van der Waals surface area contributed by atoms with Crippen molar-refractivity contribution in [1.82, 2.24) is 0 Å². The van der Waals surface area contributed by atoms with Crippen LogP contribution in [0.15, 0.2) is 12.1 Å². The molecule has 0 heterocycles. The third-order valence-corrected chi connectivity index (χ3v) is 2.39. The minimum atomic E-state index is -1.16. The Balaban J connectivity index is 0.00000256. The number of aromatic hydroxyl groups is 1. The van der Waals surface area contributed by atoms with Crippen molar-refractivity contribution in [1.29, 1.82) is 0 Å². The fourth-order valence-corrected chi connectivity index (χ4v) is 1.59. The summed E-state index contributed by atoms with van der Waals surface area (Å²) in [4.78, 5) is 10.9. The Bertz CT molecular complexity index is 410. The van der Waals surface area contributed by atoms with Crippen molar-refractivity contribution in [3.05, 3.63) is 28.8 Å². The fraction of sp³-hybridized carbons (Fsp3) is 0.364. The number of hydrogen-bond acceptors (Lipinski definition) is 4. The number of halogens is 1. The Morgan fingerprint density at radius 1 is 1.47 bits per heavy atom. The van der Waals surface area contributed by atoms with Crippen LogP contribution in [0.3, 0.4) is 0 Å². The number of carboxylic acid groups (broad SMARTS) is 1. The van der Waals surface area contributed by atoms with Gasteiger partial charge in [-0.15, -0.1) is 12.4 Å². The van der Waals surface area contributed by atoms with Crippen LogP contribution >= 0.6 is 12.4 Å². The highest BCUT2D eigenvalue weighted by Crippen LogP contribution is 2.29. The van der Waals surface area contributed by atoms with E-state index in [1.807, 2.05) is 0 Å². The molecule has 0 aliphatic carbocycles. The van der Waals surface area contributed by atoms with Crippen LogP contribution in [0.1, 0.15) is 33.9 Å². The summed E-state index contributed by atoms with van der Waals surface area (Å²) in [6.07, 6.45) is 0.496. The fourth-order valence-electron chi connectivity index (χ4n) is 1.59. The lowest BCUT2D eigenvalue weighted by Gasteiger charge is -2.15. The molecule has 0 aliphatic rings. The zero-order valence-corrected chi connectivity index (χ0v) is 10.3. The van der Waals surface area contributed by atoms with Gasteiger partial charge in [-0.3, -0.25) is 0 Å². The van der Waals surface area contributed by atoms with E-state index in [9.17, 15) is 9.90 Å². The Morgan fingerprint density at radius 3 is 2.53 bits per heavy atom. The van der Waals surface area contributed by atoms with Gasteiger partial charge in [0.25, 0.3) is 0 Å². The highest BCUT2D eigenvalue weighted by Gasteiger charge is 2.18. The Kier molecular flexibility index (Phi) is 5.95. The largest absolute Gasteiger partial charge is 0.507 e.